The Hall–Kier alpha value is -2.43. The molecule has 1 aliphatic carbocycles. The van der Waals surface area contributed by atoms with Crippen LogP contribution in [0.2, 0.25) is 0 Å². The molecule has 0 radical (unpaired) electrons. The molecular weight excluding hydrogens is 464 g/mol. The van der Waals surface area contributed by atoms with E-state index in [4.69, 9.17) is 9.26 Å². The highest BCUT2D eigenvalue weighted by Gasteiger charge is 2.43. The van der Waals surface area contributed by atoms with Gasteiger partial charge in [0, 0.05) is 23.3 Å². The number of benzene rings is 2. The molecule has 5 nitrogen and oxygen atoms in total. The fraction of sp³-hybridized carbons (Fsp3) is 0.464. The Labute approximate surface area is 207 Å². The topological polar surface area (TPSA) is 57.5 Å². The normalized spacial score (nSPS) is 22.3. The van der Waals surface area contributed by atoms with Crippen LogP contribution in [0.25, 0.3) is 10.9 Å². The van der Waals surface area contributed by atoms with Gasteiger partial charge in [0.15, 0.2) is 0 Å². The third-order valence-corrected chi connectivity index (χ3v) is 9.83. The lowest BCUT2D eigenvalue weighted by Gasteiger charge is -2.39. The average molecular weight is 500 g/mol. The van der Waals surface area contributed by atoms with E-state index in [1.165, 1.54) is 12.1 Å². The van der Waals surface area contributed by atoms with Crippen LogP contribution >= 0.6 is 7.37 Å². The van der Waals surface area contributed by atoms with Crippen LogP contribution in [-0.2, 0) is 20.9 Å². The van der Waals surface area contributed by atoms with Crippen molar-refractivity contribution < 1.29 is 23.0 Å². The number of fused-ring (bicyclic) bond motifs is 1. The maximum absolute atomic E-state index is 15.3. The van der Waals surface area contributed by atoms with Crippen LogP contribution in [0.1, 0.15) is 57.4 Å². The van der Waals surface area contributed by atoms with Crippen molar-refractivity contribution in [3.8, 4) is 0 Å². The molecule has 4 rings (SSSR count). The van der Waals surface area contributed by atoms with Crippen molar-refractivity contribution in [2.75, 3.05) is 6.61 Å². The number of nitrogens with zero attached hydrogens (tertiary/aromatic N) is 1. The SMILES string of the molecule is CCOC(=O)c1c(P(=O)(O[C@@H]2C[C@@H](C)CC[C@H]2C(C)C)c2ccccc2)c2cc(F)ccc2n1C. The van der Waals surface area contributed by atoms with Crippen LogP contribution in [0, 0.1) is 23.6 Å². The minimum Gasteiger partial charge on any atom is -0.461 e. The summed E-state index contributed by atoms with van der Waals surface area (Å²) in [5.74, 6) is -0.0366. The van der Waals surface area contributed by atoms with Crippen molar-refractivity contribution in [3.05, 3.63) is 60.0 Å². The van der Waals surface area contributed by atoms with E-state index >= 15 is 4.57 Å². The van der Waals surface area contributed by atoms with Gasteiger partial charge in [-0.3, -0.25) is 4.57 Å². The van der Waals surface area contributed by atoms with Crippen molar-refractivity contribution in [1.29, 1.82) is 0 Å². The van der Waals surface area contributed by atoms with E-state index < -0.39 is 19.2 Å². The monoisotopic (exact) mass is 499 g/mol. The van der Waals surface area contributed by atoms with Crippen molar-refractivity contribution in [2.24, 2.45) is 24.8 Å². The van der Waals surface area contributed by atoms with E-state index in [1.807, 2.05) is 18.2 Å². The van der Waals surface area contributed by atoms with Gasteiger partial charge >= 0.3 is 5.97 Å². The molecule has 0 aliphatic heterocycles. The molecule has 1 fully saturated rings. The predicted molar refractivity (Wildman–Crippen MR) is 138 cm³/mol. The largest absolute Gasteiger partial charge is 0.461 e. The second-order valence-electron chi connectivity index (χ2n) is 10.00. The van der Waals surface area contributed by atoms with Crippen LogP contribution in [0.4, 0.5) is 4.39 Å². The quantitative estimate of drug-likeness (QED) is 0.287. The molecule has 4 atom stereocenters. The van der Waals surface area contributed by atoms with Crippen molar-refractivity contribution >= 4 is 34.9 Å². The second kappa shape index (κ2) is 10.3. The fourth-order valence-corrected chi connectivity index (χ4v) is 8.11. The summed E-state index contributed by atoms with van der Waals surface area (Å²) in [6.45, 7) is 8.42. The van der Waals surface area contributed by atoms with Crippen LogP contribution in [0.3, 0.4) is 0 Å². The zero-order valence-electron chi connectivity index (χ0n) is 21.2. The van der Waals surface area contributed by atoms with Gasteiger partial charge in [-0.15, -0.1) is 0 Å². The van der Waals surface area contributed by atoms with E-state index in [9.17, 15) is 9.18 Å². The highest BCUT2D eigenvalue weighted by Crippen LogP contribution is 2.53. The van der Waals surface area contributed by atoms with Crippen molar-refractivity contribution in [1.82, 2.24) is 4.57 Å². The number of ether oxygens (including phenoxy) is 1. The molecule has 1 unspecified atom stereocenters. The van der Waals surface area contributed by atoms with Gasteiger partial charge in [0.1, 0.15) is 11.5 Å². The number of hydrogen-bond acceptors (Lipinski definition) is 4. The highest BCUT2D eigenvalue weighted by molar-refractivity contribution is 7.75. The number of rotatable bonds is 7. The van der Waals surface area contributed by atoms with Crippen LogP contribution in [-0.4, -0.2) is 23.2 Å². The number of halogens is 1. The second-order valence-corrected chi connectivity index (χ2v) is 12.3. The van der Waals surface area contributed by atoms with Crippen LogP contribution in [0.15, 0.2) is 48.5 Å². The number of aryl methyl sites for hydroxylation is 1. The summed E-state index contributed by atoms with van der Waals surface area (Å²) in [6.07, 6.45) is 2.63. The Bertz CT molecular complexity index is 1250. The Balaban J connectivity index is 2.00. The Morgan fingerprint density at radius 2 is 1.89 bits per heavy atom. The van der Waals surface area contributed by atoms with Gasteiger partial charge in [0.05, 0.1) is 18.0 Å². The lowest BCUT2D eigenvalue weighted by molar-refractivity contribution is 0.0495. The lowest BCUT2D eigenvalue weighted by Crippen LogP contribution is -2.36. The first-order valence-corrected chi connectivity index (χ1v) is 14.1. The number of carbonyl (C=O) groups is 1. The smallest absolute Gasteiger partial charge is 0.355 e. The van der Waals surface area contributed by atoms with Gasteiger partial charge in [-0.05, 0) is 67.9 Å². The molecule has 0 N–H and O–H groups in total. The minimum absolute atomic E-state index is 0.143. The van der Waals surface area contributed by atoms with Gasteiger partial charge < -0.3 is 13.8 Å². The molecular formula is C28H35FNO4P. The molecule has 188 valence electrons. The first kappa shape index (κ1) is 25.7. The summed E-state index contributed by atoms with van der Waals surface area (Å²) in [4.78, 5) is 13.2. The molecule has 2 aromatic carbocycles. The van der Waals surface area contributed by atoms with Crippen molar-refractivity contribution in [3.63, 3.8) is 0 Å². The average Bonchev–Trinajstić information content (AvgIpc) is 3.11. The van der Waals surface area contributed by atoms with Gasteiger partial charge in [0.25, 0.3) is 7.37 Å². The number of hydrogen-bond donors (Lipinski definition) is 0. The van der Waals surface area contributed by atoms with Gasteiger partial charge in [-0.1, -0.05) is 45.4 Å². The first-order chi connectivity index (χ1) is 16.7. The summed E-state index contributed by atoms with van der Waals surface area (Å²) in [5.41, 5.74) is 0.742. The molecule has 0 saturated heterocycles. The summed E-state index contributed by atoms with van der Waals surface area (Å²) in [6, 6.07) is 13.3. The Morgan fingerprint density at radius 3 is 2.54 bits per heavy atom. The van der Waals surface area contributed by atoms with Crippen molar-refractivity contribution in [2.45, 2.75) is 53.1 Å². The molecule has 35 heavy (non-hydrogen) atoms. The fourth-order valence-electron chi connectivity index (χ4n) is 5.42. The third-order valence-electron chi connectivity index (χ3n) is 7.24. The summed E-state index contributed by atoms with van der Waals surface area (Å²) >= 11 is 0. The molecule has 1 aliphatic rings. The van der Waals surface area contributed by atoms with E-state index in [-0.39, 0.29) is 29.6 Å². The predicted octanol–water partition coefficient (Wildman–Crippen LogP) is 6.20. The molecule has 1 aromatic heterocycles. The standard InChI is InChI=1S/C28H35FNO4P/c1-6-33-28(31)26-27(23-17-20(29)13-15-24(23)30(26)5)35(32,21-10-8-7-9-11-21)34-25-16-19(4)12-14-22(25)18(2)3/h7-11,13,15,17-19,22,25H,6,12,14,16H2,1-5H3/t19-,22-,25+,35?/m0/s1. The molecule has 3 aromatic rings. The summed E-state index contributed by atoms with van der Waals surface area (Å²) in [7, 11) is -2.13. The molecule has 1 saturated carbocycles. The molecule has 0 spiro atoms. The van der Waals surface area contributed by atoms with E-state index in [0.29, 0.717) is 28.0 Å². The maximum Gasteiger partial charge on any atom is 0.355 e. The molecule has 0 amide bonds. The van der Waals surface area contributed by atoms with Gasteiger partial charge in [-0.2, -0.15) is 0 Å². The summed E-state index contributed by atoms with van der Waals surface area (Å²) < 4.78 is 43.5. The third kappa shape index (κ3) is 4.83. The zero-order chi connectivity index (χ0) is 25.3. The zero-order valence-corrected chi connectivity index (χ0v) is 22.1. The van der Waals surface area contributed by atoms with E-state index in [2.05, 4.69) is 20.8 Å². The highest BCUT2D eigenvalue weighted by atomic mass is 31.2. The van der Waals surface area contributed by atoms with E-state index in [1.54, 1.807) is 36.7 Å². The molecule has 7 heteroatoms. The molecule has 0 bridgehead atoms. The van der Waals surface area contributed by atoms with E-state index in [0.717, 1.165) is 19.3 Å². The van der Waals surface area contributed by atoms with Gasteiger partial charge in [0.2, 0.25) is 0 Å². The maximum atomic E-state index is 15.3. The van der Waals surface area contributed by atoms with Crippen LogP contribution < -0.4 is 10.6 Å². The number of esters is 1. The summed E-state index contributed by atoms with van der Waals surface area (Å²) in [5, 5.41) is 1.12. The first-order valence-electron chi connectivity index (χ1n) is 12.5. The number of carbonyl (C=O) groups excluding carboxylic acids is 1. The Morgan fingerprint density at radius 1 is 1.17 bits per heavy atom. The minimum atomic E-state index is -3.84. The molecule has 1 heterocycles. The lowest BCUT2D eigenvalue weighted by atomic mass is 9.75. The number of aromatic nitrogens is 1. The Kier molecular flexibility index (Phi) is 7.54. The van der Waals surface area contributed by atoms with Crippen LogP contribution in [0.5, 0.6) is 0 Å². The van der Waals surface area contributed by atoms with Gasteiger partial charge in [-0.25, -0.2) is 9.18 Å².